The van der Waals surface area contributed by atoms with Crippen LogP contribution in [0, 0.1) is 46.8 Å². The molecular formula is C49H83N3O16. The van der Waals surface area contributed by atoms with Gasteiger partial charge in [0.2, 0.25) is 11.8 Å². The summed E-state index contributed by atoms with van der Waals surface area (Å²) in [7, 11) is 1.32. The summed E-state index contributed by atoms with van der Waals surface area (Å²) in [5.41, 5.74) is 1.57. The van der Waals surface area contributed by atoms with Crippen LogP contribution >= 0.6 is 0 Å². The number of carbonyl (C=O) groups excluding carboxylic acids is 4. The molecule has 5 rings (SSSR count). The molecule has 7 unspecified atom stereocenters. The predicted octanol–water partition coefficient (Wildman–Crippen LogP) is 0.297. The second-order valence-electron chi connectivity index (χ2n) is 20.9. The minimum absolute atomic E-state index is 0.00547. The van der Waals surface area contributed by atoms with Gasteiger partial charge in [0, 0.05) is 46.1 Å². The van der Waals surface area contributed by atoms with Crippen molar-refractivity contribution in [2.45, 2.75) is 172 Å². The summed E-state index contributed by atoms with van der Waals surface area (Å²) in [6.45, 7) is 7.06. The van der Waals surface area contributed by atoms with Gasteiger partial charge in [0.25, 0.3) is 5.91 Å². The van der Waals surface area contributed by atoms with Crippen molar-refractivity contribution in [1.29, 1.82) is 0 Å². The lowest BCUT2D eigenvalue weighted by molar-refractivity contribution is -0.326. The number of fused-ring (bicyclic) bond motifs is 5. The van der Waals surface area contributed by atoms with Gasteiger partial charge in [-0.1, -0.05) is 58.6 Å². The lowest BCUT2D eigenvalue weighted by atomic mass is 9.50. The van der Waals surface area contributed by atoms with E-state index in [1.54, 1.807) is 0 Å². The molecule has 0 aromatic carbocycles. The second kappa shape index (κ2) is 26.0. The van der Waals surface area contributed by atoms with Gasteiger partial charge < -0.3 is 75.3 Å². The number of nitrogens with zero attached hydrogens (tertiary/aromatic N) is 1. The number of ether oxygens (including phenoxy) is 4. The molecule has 0 radical (unpaired) electrons. The number of hydrogen-bond acceptors (Lipinski definition) is 16. The molecule has 3 saturated carbocycles. The van der Waals surface area contributed by atoms with Crippen LogP contribution in [-0.2, 0) is 38.1 Å². The zero-order valence-corrected chi connectivity index (χ0v) is 40.8. The number of carbonyl (C=O) groups is 4. The van der Waals surface area contributed by atoms with Crippen molar-refractivity contribution in [3.63, 3.8) is 0 Å². The first kappa shape index (κ1) is 56.1. The molecule has 390 valence electrons. The second-order valence-corrected chi connectivity index (χ2v) is 20.9. The van der Waals surface area contributed by atoms with Crippen LogP contribution in [0.15, 0.2) is 11.6 Å². The fraction of sp³-hybridized carbons (Fsp3) is 0.878. The van der Waals surface area contributed by atoms with Crippen LogP contribution in [0.25, 0.3) is 0 Å². The summed E-state index contributed by atoms with van der Waals surface area (Å²) in [4.78, 5) is 52.8. The SMILES string of the molecule is COCC(=O)N(CCNC(=O)CCC(=O)OC1CC[C@]2(C)C(=CC[C@@H]3[C@H]4CC[C@@H]([C@@H](C)CCCC(C)C)[C@@H]4CC[C@H]32)C1)CCNC(=O)C(O)C(O)C(O[C@@H]1OC(CO)[C@H](O)[C@H](O)C1O)C(O)CO. The van der Waals surface area contributed by atoms with Gasteiger partial charge in [0.05, 0.1) is 19.6 Å². The number of methoxy groups -OCH3 is 1. The maximum Gasteiger partial charge on any atom is 0.306 e. The lowest BCUT2D eigenvalue weighted by Gasteiger charge is -2.55. The molecule has 0 aromatic heterocycles. The number of aliphatic hydroxyl groups excluding tert-OH is 8. The molecule has 17 atom stereocenters. The molecule has 0 bridgehead atoms. The summed E-state index contributed by atoms with van der Waals surface area (Å²) in [5, 5.41) is 86.2. The first-order valence-corrected chi connectivity index (χ1v) is 25.2. The summed E-state index contributed by atoms with van der Waals surface area (Å²) in [5.74, 6) is 3.04. The third-order valence-electron chi connectivity index (χ3n) is 16.1. The Hall–Kier alpha value is -2.82. The molecule has 4 fully saturated rings. The Morgan fingerprint density at radius 2 is 1.59 bits per heavy atom. The van der Waals surface area contributed by atoms with Gasteiger partial charge in [-0.25, -0.2) is 0 Å². The van der Waals surface area contributed by atoms with Gasteiger partial charge >= 0.3 is 5.97 Å². The molecule has 19 heteroatoms. The van der Waals surface area contributed by atoms with E-state index >= 15 is 0 Å². The molecule has 68 heavy (non-hydrogen) atoms. The van der Waals surface area contributed by atoms with Crippen LogP contribution in [0.1, 0.15) is 111 Å². The highest BCUT2D eigenvalue weighted by Gasteiger charge is 2.55. The van der Waals surface area contributed by atoms with E-state index in [1.807, 2.05) is 0 Å². The molecule has 1 saturated heterocycles. The molecule has 1 heterocycles. The lowest BCUT2D eigenvalue weighted by Crippen LogP contribution is -2.62. The molecule has 1 aliphatic heterocycles. The minimum atomic E-state index is -2.29. The standard InChI is InChI=1S/C49H83N3O16/c1-27(2)7-6-8-28(3)31-11-12-33-32(31)13-14-35-34(33)10-9-29-23-30(17-18-49(29,35)4)66-40(58)16-15-38(56)50-19-21-52(39(57)26-65-5)22-20-51-47(64)44(62)43(61)46(36(55)24-53)68-48-45(63)42(60)41(59)37(25-54)67-48/h9,27-28,30-37,41-46,48,53-55,59-63H,6-8,10-26H2,1-5H3,(H,50,56)(H,51,64)/t28-,30?,31-,32-,33-,34+,35+,36?,37?,41-,42-,43?,44?,45?,46?,48-,49+/m0/s1. The van der Waals surface area contributed by atoms with Gasteiger partial charge in [0.15, 0.2) is 12.4 Å². The molecule has 4 aliphatic carbocycles. The Balaban J connectivity index is 1.02. The number of amides is 3. The molecular weight excluding hydrogens is 887 g/mol. The van der Waals surface area contributed by atoms with E-state index in [9.17, 15) is 60.0 Å². The number of nitrogens with one attached hydrogen (secondary N) is 2. The third-order valence-corrected chi connectivity index (χ3v) is 16.1. The monoisotopic (exact) mass is 970 g/mol. The summed E-state index contributed by atoms with van der Waals surface area (Å²) in [6.07, 6.45) is -2.23. The van der Waals surface area contributed by atoms with Gasteiger partial charge in [-0.3, -0.25) is 19.2 Å². The highest BCUT2D eigenvalue weighted by molar-refractivity contribution is 5.82. The van der Waals surface area contributed by atoms with E-state index in [1.165, 1.54) is 62.5 Å². The van der Waals surface area contributed by atoms with Crippen LogP contribution in [0.5, 0.6) is 0 Å². The normalized spacial score (nSPS) is 33.4. The number of allylic oxidation sites excluding steroid dienone is 1. The van der Waals surface area contributed by atoms with Gasteiger partial charge in [-0.15, -0.1) is 0 Å². The molecule has 10 N–H and O–H groups in total. The minimum Gasteiger partial charge on any atom is -0.462 e. The van der Waals surface area contributed by atoms with Gasteiger partial charge in [0.1, 0.15) is 55.4 Å². The largest absolute Gasteiger partial charge is 0.462 e. The fourth-order valence-corrected chi connectivity index (χ4v) is 12.2. The van der Waals surface area contributed by atoms with Crippen LogP contribution in [0.2, 0.25) is 0 Å². The number of aliphatic hydroxyl groups is 8. The van der Waals surface area contributed by atoms with Gasteiger partial charge in [-0.2, -0.15) is 0 Å². The maximum absolute atomic E-state index is 13.0. The number of hydrogen-bond donors (Lipinski definition) is 10. The summed E-state index contributed by atoms with van der Waals surface area (Å²) >= 11 is 0. The zero-order valence-electron chi connectivity index (χ0n) is 40.8. The van der Waals surface area contributed by atoms with Gasteiger partial charge in [-0.05, 0) is 91.8 Å². The first-order valence-electron chi connectivity index (χ1n) is 25.2. The quantitative estimate of drug-likeness (QED) is 0.0435. The van der Waals surface area contributed by atoms with Crippen LogP contribution < -0.4 is 10.6 Å². The molecule has 5 aliphatic rings. The van der Waals surface area contributed by atoms with Crippen molar-refractivity contribution in [2.24, 2.45) is 46.8 Å². The van der Waals surface area contributed by atoms with E-state index in [4.69, 9.17) is 18.9 Å². The average molecular weight is 970 g/mol. The smallest absolute Gasteiger partial charge is 0.306 e. The molecule has 19 nitrogen and oxygen atoms in total. The van der Waals surface area contributed by atoms with E-state index in [0.29, 0.717) is 5.92 Å². The Morgan fingerprint density at radius 3 is 2.26 bits per heavy atom. The van der Waals surface area contributed by atoms with Crippen molar-refractivity contribution < 1.29 is 79.0 Å². The van der Waals surface area contributed by atoms with Crippen LogP contribution in [-0.4, -0.2) is 184 Å². The summed E-state index contributed by atoms with van der Waals surface area (Å²) in [6, 6.07) is 0. The van der Waals surface area contributed by atoms with Crippen molar-refractivity contribution in [2.75, 3.05) is 53.1 Å². The molecule has 0 aromatic rings. The molecule has 0 spiro atoms. The van der Waals surface area contributed by atoms with Crippen LogP contribution in [0.3, 0.4) is 0 Å². The first-order chi connectivity index (χ1) is 32.3. The summed E-state index contributed by atoms with van der Waals surface area (Å²) < 4.78 is 21.5. The van der Waals surface area contributed by atoms with Crippen molar-refractivity contribution in [3.8, 4) is 0 Å². The number of esters is 1. The fourth-order valence-electron chi connectivity index (χ4n) is 12.2. The van der Waals surface area contributed by atoms with E-state index in [-0.39, 0.29) is 57.1 Å². The van der Waals surface area contributed by atoms with E-state index in [0.717, 1.165) is 61.2 Å². The third kappa shape index (κ3) is 14.0. The highest BCUT2D eigenvalue weighted by atomic mass is 16.7. The topological polar surface area (TPSA) is 294 Å². The zero-order chi connectivity index (χ0) is 49.9. The van der Waals surface area contributed by atoms with Crippen LogP contribution in [0.4, 0.5) is 0 Å². The Morgan fingerprint density at radius 1 is 0.882 bits per heavy atom. The highest BCUT2D eigenvalue weighted by Crippen LogP contribution is 2.63. The maximum atomic E-state index is 13.0. The molecule has 3 amide bonds. The average Bonchev–Trinajstić information content (AvgIpc) is 3.76. The number of rotatable bonds is 25. The van der Waals surface area contributed by atoms with Crippen molar-refractivity contribution >= 4 is 23.7 Å². The van der Waals surface area contributed by atoms with Crippen molar-refractivity contribution in [3.05, 3.63) is 11.6 Å². The predicted molar refractivity (Wildman–Crippen MR) is 246 cm³/mol. The Kier molecular flexibility index (Phi) is 21.5. The van der Waals surface area contributed by atoms with Crippen molar-refractivity contribution in [1.82, 2.24) is 15.5 Å². The Labute approximate surface area is 401 Å². The van der Waals surface area contributed by atoms with E-state index in [2.05, 4.69) is 44.4 Å². The van der Waals surface area contributed by atoms with E-state index < -0.39 is 92.0 Å². The Bertz CT molecular complexity index is 1670.